The summed E-state index contributed by atoms with van der Waals surface area (Å²) in [4.78, 5) is 10.6. The first kappa shape index (κ1) is 7.28. The molecule has 0 bridgehead atoms. The third kappa shape index (κ3) is 1.19. The molecule has 0 aromatic carbocycles. The minimum atomic E-state index is -0.582. The van der Waals surface area contributed by atoms with E-state index in [9.17, 15) is 4.79 Å². The number of nitrogens with zero attached hydrogens (tertiary/aromatic N) is 3. The van der Waals surface area contributed by atoms with Gasteiger partial charge in [0.15, 0.2) is 5.69 Å². The van der Waals surface area contributed by atoms with Crippen LogP contribution in [-0.4, -0.2) is 15.7 Å². The van der Waals surface area contributed by atoms with Crippen LogP contribution in [0.3, 0.4) is 0 Å². The first-order valence-corrected chi connectivity index (χ1v) is 2.89. The zero-order chi connectivity index (χ0) is 8.43. The van der Waals surface area contributed by atoms with Crippen molar-refractivity contribution in [1.82, 2.24) is 9.78 Å². The van der Waals surface area contributed by atoms with Gasteiger partial charge in [0.1, 0.15) is 11.8 Å². The SMILES string of the molecule is Cn1nc(C#N)cc1C(N)=O. The minimum Gasteiger partial charge on any atom is -0.364 e. The molecule has 5 nitrogen and oxygen atoms in total. The van der Waals surface area contributed by atoms with Gasteiger partial charge in [0.25, 0.3) is 5.91 Å². The Morgan fingerprint density at radius 3 is 2.82 bits per heavy atom. The number of nitrogens with two attached hydrogens (primary N) is 1. The number of primary amides is 1. The molecule has 1 heterocycles. The summed E-state index contributed by atoms with van der Waals surface area (Å²) in [6, 6.07) is 3.15. The number of nitriles is 1. The molecule has 56 valence electrons. The van der Waals surface area contributed by atoms with E-state index in [0.29, 0.717) is 0 Å². The number of aryl methyl sites for hydroxylation is 1. The van der Waals surface area contributed by atoms with Gasteiger partial charge in [0.2, 0.25) is 0 Å². The fourth-order valence-electron chi connectivity index (χ4n) is 0.752. The van der Waals surface area contributed by atoms with Gasteiger partial charge in [-0.25, -0.2) is 0 Å². The lowest BCUT2D eigenvalue weighted by molar-refractivity contribution is 0.0991. The van der Waals surface area contributed by atoms with E-state index in [4.69, 9.17) is 11.0 Å². The Kier molecular flexibility index (Phi) is 1.60. The lowest BCUT2D eigenvalue weighted by atomic mass is 10.3. The minimum absolute atomic E-state index is 0.196. The molecule has 0 aliphatic rings. The lowest BCUT2D eigenvalue weighted by Gasteiger charge is -1.91. The van der Waals surface area contributed by atoms with Crippen molar-refractivity contribution in [3.63, 3.8) is 0 Å². The molecule has 1 aromatic heterocycles. The molecular weight excluding hydrogens is 144 g/mol. The van der Waals surface area contributed by atoms with Gasteiger partial charge in [-0.3, -0.25) is 9.48 Å². The summed E-state index contributed by atoms with van der Waals surface area (Å²) >= 11 is 0. The molecule has 1 rings (SSSR count). The monoisotopic (exact) mass is 150 g/mol. The summed E-state index contributed by atoms with van der Waals surface area (Å²) < 4.78 is 1.28. The molecule has 0 saturated heterocycles. The zero-order valence-electron chi connectivity index (χ0n) is 5.90. The number of hydrogen-bond acceptors (Lipinski definition) is 3. The number of aromatic nitrogens is 2. The van der Waals surface area contributed by atoms with Crippen molar-refractivity contribution in [3.05, 3.63) is 17.5 Å². The van der Waals surface area contributed by atoms with Gasteiger partial charge in [0, 0.05) is 13.1 Å². The largest absolute Gasteiger partial charge is 0.364 e. The van der Waals surface area contributed by atoms with Crippen molar-refractivity contribution in [3.8, 4) is 6.07 Å². The molecule has 1 amide bonds. The molecule has 0 atom stereocenters. The summed E-state index contributed by atoms with van der Waals surface area (Å²) in [6.07, 6.45) is 0. The predicted molar refractivity (Wildman–Crippen MR) is 36.4 cm³/mol. The zero-order valence-corrected chi connectivity index (χ0v) is 5.90. The second kappa shape index (κ2) is 2.42. The molecule has 0 unspecified atom stereocenters. The Morgan fingerprint density at radius 2 is 2.55 bits per heavy atom. The van der Waals surface area contributed by atoms with E-state index in [1.807, 2.05) is 0 Å². The molecule has 2 N–H and O–H groups in total. The molecule has 1 aromatic rings. The summed E-state index contributed by atoms with van der Waals surface area (Å²) in [7, 11) is 1.56. The van der Waals surface area contributed by atoms with E-state index in [1.165, 1.54) is 10.7 Å². The van der Waals surface area contributed by atoms with Crippen LogP contribution >= 0.6 is 0 Å². The molecular formula is C6H6N4O. The van der Waals surface area contributed by atoms with Crippen LogP contribution in [0.2, 0.25) is 0 Å². The Hall–Kier alpha value is -1.83. The van der Waals surface area contributed by atoms with Crippen molar-refractivity contribution < 1.29 is 4.79 Å². The highest BCUT2D eigenvalue weighted by atomic mass is 16.1. The predicted octanol–water partition coefficient (Wildman–Crippen LogP) is -0.609. The van der Waals surface area contributed by atoms with Gasteiger partial charge in [-0.05, 0) is 0 Å². The number of amides is 1. The number of rotatable bonds is 1. The molecule has 0 aliphatic carbocycles. The number of hydrogen-bond donors (Lipinski definition) is 1. The van der Waals surface area contributed by atoms with Crippen LogP contribution in [0.5, 0.6) is 0 Å². The third-order valence-corrected chi connectivity index (χ3v) is 1.25. The summed E-state index contributed by atoms with van der Waals surface area (Å²) in [5, 5.41) is 12.1. The van der Waals surface area contributed by atoms with Gasteiger partial charge in [-0.2, -0.15) is 10.4 Å². The van der Waals surface area contributed by atoms with Gasteiger partial charge in [-0.15, -0.1) is 0 Å². The van der Waals surface area contributed by atoms with Crippen LogP contribution in [0.4, 0.5) is 0 Å². The Labute approximate surface area is 63.0 Å². The first-order chi connectivity index (χ1) is 5.15. The molecule has 11 heavy (non-hydrogen) atoms. The Balaban J connectivity index is 3.20. The van der Waals surface area contributed by atoms with Crippen LogP contribution in [0.15, 0.2) is 6.07 Å². The number of carbonyl (C=O) groups excluding carboxylic acids is 1. The van der Waals surface area contributed by atoms with E-state index in [1.54, 1.807) is 13.1 Å². The molecule has 0 saturated carbocycles. The highest BCUT2D eigenvalue weighted by molar-refractivity contribution is 5.91. The van der Waals surface area contributed by atoms with E-state index < -0.39 is 5.91 Å². The van der Waals surface area contributed by atoms with E-state index in [2.05, 4.69) is 5.10 Å². The van der Waals surface area contributed by atoms with Crippen LogP contribution < -0.4 is 5.73 Å². The van der Waals surface area contributed by atoms with E-state index >= 15 is 0 Å². The number of carbonyl (C=O) groups is 1. The highest BCUT2D eigenvalue weighted by Crippen LogP contribution is 1.99. The third-order valence-electron chi connectivity index (χ3n) is 1.25. The van der Waals surface area contributed by atoms with Crippen LogP contribution in [0.1, 0.15) is 16.2 Å². The molecule has 0 radical (unpaired) electrons. The average molecular weight is 150 g/mol. The molecule has 0 aliphatic heterocycles. The van der Waals surface area contributed by atoms with Gasteiger partial charge < -0.3 is 5.73 Å². The highest BCUT2D eigenvalue weighted by Gasteiger charge is 2.08. The fourth-order valence-corrected chi connectivity index (χ4v) is 0.752. The Bertz CT molecular complexity index is 333. The van der Waals surface area contributed by atoms with E-state index in [-0.39, 0.29) is 11.4 Å². The normalized spacial score (nSPS) is 9.09. The van der Waals surface area contributed by atoms with Crippen LogP contribution in [-0.2, 0) is 7.05 Å². The molecule has 5 heteroatoms. The van der Waals surface area contributed by atoms with Crippen molar-refractivity contribution in [1.29, 1.82) is 5.26 Å². The van der Waals surface area contributed by atoms with Crippen molar-refractivity contribution in [2.45, 2.75) is 0 Å². The maximum absolute atomic E-state index is 10.6. The second-order valence-corrected chi connectivity index (χ2v) is 2.01. The van der Waals surface area contributed by atoms with Crippen LogP contribution in [0, 0.1) is 11.3 Å². The summed E-state index contributed by atoms with van der Waals surface area (Å²) in [6.45, 7) is 0. The first-order valence-electron chi connectivity index (χ1n) is 2.89. The van der Waals surface area contributed by atoms with Gasteiger partial charge >= 0.3 is 0 Å². The maximum atomic E-state index is 10.6. The standard InChI is InChI=1S/C6H6N4O/c1-10-5(6(8)11)2-4(3-7)9-10/h2H,1H3,(H2,8,11). The second-order valence-electron chi connectivity index (χ2n) is 2.01. The summed E-state index contributed by atoms with van der Waals surface area (Å²) in [5.41, 5.74) is 5.41. The fraction of sp³-hybridized carbons (Fsp3) is 0.167. The smallest absolute Gasteiger partial charge is 0.267 e. The Morgan fingerprint density at radius 1 is 1.91 bits per heavy atom. The van der Waals surface area contributed by atoms with Crippen molar-refractivity contribution in [2.75, 3.05) is 0 Å². The lowest BCUT2D eigenvalue weighted by Crippen LogP contribution is -2.15. The quantitative estimate of drug-likeness (QED) is 0.579. The molecule has 0 spiro atoms. The van der Waals surface area contributed by atoms with Gasteiger partial charge in [0.05, 0.1) is 0 Å². The molecule has 0 fully saturated rings. The van der Waals surface area contributed by atoms with Crippen molar-refractivity contribution in [2.24, 2.45) is 12.8 Å². The van der Waals surface area contributed by atoms with Crippen molar-refractivity contribution >= 4 is 5.91 Å². The van der Waals surface area contributed by atoms with Gasteiger partial charge in [-0.1, -0.05) is 0 Å². The summed E-state index contributed by atoms with van der Waals surface area (Å²) in [5.74, 6) is -0.582. The topological polar surface area (TPSA) is 84.7 Å². The van der Waals surface area contributed by atoms with Crippen LogP contribution in [0.25, 0.3) is 0 Å². The maximum Gasteiger partial charge on any atom is 0.267 e. The average Bonchev–Trinajstić information content (AvgIpc) is 2.30. The van der Waals surface area contributed by atoms with E-state index in [0.717, 1.165) is 0 Å².